The zero-order valence-corrected chi connectivity index (χ0v) is 9.92. The van der Waals surface area contributed by atoms with Crippen LogP contribution in [0, 0.1) is 11.8 Å². The first-order valence-corrected chi connectivity index (χ1v) is 5.83. The molecule has 1 fully saturated rings. The summed E-state index contributed by atoms with van der Waals surface area (Å²) in [6.07, 6.45) is 1.95. The zero-order valence-electron chi connectivity index (χ0n) is 9.92. The van der Waals surface area contributed by atoms with Gasteiger partial charge in [-0.3, -0.25) is 9.69 Å². The monoisotopic (exact) mass is 197 g/mol. The summed E-state index contributed by atoms with van der Waals surface area (Å²) in [7, 11) is 0. The summed E-state index contributed by atoms with van der Waals surface area (Å²) < 4.78 is 0. The predicted octanol–water partition coefficient (Wildman–Crippen LogP) is 2.33. The zero-order chi connectivity index (χ0) is 10.7. The first-order valence-electron chi connectivity index (χ1n) is 5.83. The molecule has 1 rings (SSSR count). The van der Waals surface area contributed by atoms with Crippen LogP contribution >= 0.6 is 0 Å². The molecule has 82 valence electrons. The molecule has 0 aromatic heterocycles. The Bertz CT molecular complexity index is 200. The minimum absolute atomic E-state index is 0.247. The van der Waals surface area contributed by atoms with Crippen molar-refractivity contribution >= 4 is 5.78 Å². The molecule has 2 heteroatoms. The summed E-state index contributed by atoms with van der Waals surface area (Å²) in [6.45, 7) is 10.8. The Morgan fingerprint density at radius 1 is 1.50 bits per heavy atom. The number of rotatable bonds is 3. The molecule has 1 aliphatic heterocycles. The van der Waals surface area contributed by atoms with Crippen molar-refractivity contribution in [2.24, 2.45) is 11.8 Å². The summed E-state index contributed by atoms with van der Waals surface area (Å²) in [5.41, 5.74) is 0. The molecule has 1 saturated heterocycles. The van der Waals surface area contributed by atoms with Crippen molar-refractivity contribution in [3.8, 4) is 0 Å². The van der Waals surface area contributed by atoms with Gasteiger partial charge in [0.2, 0.25) is 0 Å². The largest absolute Gasteiger partial charge is 0.299 e. The topological polar surface area (TPSA) is 20.3 Å². The van der Waals surface area contributed by atoms with Gasteiger partial charge in [0.05, 0.1) is 0 Å². The smallest absolute Gasteiger partial charge is 0.138 e. The van der Waals surface area contributed by atoms with Gasteiger partial charge in [-0.25, -0.2) is 0 Å². The van der Waals surface area contributed by atoms with Gasteiger partial charge in [-0.2, -0.15) is 0 Å². The van der Waals surface area contributed by atoms with Crippen LogP contribution in [0.25, 0.3) is 0 Å². The van der Waals surface area contributed by atoms with E-state index in [1.165, 1.54) is 6.42 Å². The van der Waals surface area contributed by atoms with E-state index in [0.717, 1.165) is 19.5 Å². The molecule has 2 nitrogen and oxygen atoms in total. The van der Waals surface area contributed by atoms with Crippen LogP contribution in [0.2, 0.25) is 0 Å². The predicted molar refractivity (Wildman–Crippen MR) is 59.3 cm³/mol. The third-order valence-corrected chi connectivity index (χ3v) is 3.36. The van der Waals surface area contributed by atoms with E-state index in [9.17, 15) is 4.79 Å². The van der Waals surface area contributed by atoms with Crippen molar-refractivity contribution in [1.82, 2.24) is 4.90 Å². The number of likely N-dealkylation sites (tertiary alicyclic amines) is 1. The quantitative estimate of drug-likeness (QED) is 0.692. The Labute approximate surface area is 87.7 Å². The molecule has 1 heterocycles. The van der Waals surface area contributed by atoms with Crippen LogP contribution in [-0.4, -0.2) is 29.8 Å². The molecule has 2 atom stereocenters. The highest BCUT2D eigenvalue weighted by atomic mass is 16.1. The first-order chi connectivity index (χ1) is 6.56. The number of nitrogens with zero attached hydrogens (tertiary/aromatic N) is 1. The van der Waals surface area contributed by atoms with E-state index in [4.69, 9.17) is 0 Å². The average molecular weight is 197 g/mol. The van der Waals surface area contributed by atoms with Crippen LogP contribution in [0.4, 0.5) is 0 Å². The molecule has 0 radical (unpaired) electrons. The Balaban J connectivity index is 2.56. The van der Waals surface area contributed by atoms with Gasteiger partial charge in [0.15, 0.2) is 0 Å². The Morgan fingerprint density at radius 3 is 2.57 bits per heavy atom. The summed E-state index contributed by atoms with van der Waals surface area (Å²) in [6, 6.07) is 0.658. The summed E-state index contributed by atoms with van der Waals surface area (Å²) in [5, 5.41) is 0. The molecule has 0 spiro atoms. The summed E-state index contributed by atoms with van der Waals surface area (Å²) in [4.78, 5) is 13.9. The molecule has 0 N–H and O–H groups in total. The lowest BCUT2D eigenvalue weighted by Crippen LogP contribution is -2.47. The van der Waals surface area contributed by atoms with Crippen molar-refractivity contribution in [2.45, 2.75) is 46.6 Å². The second-order valence-corrected chi connectivity index (χ2v) is 4.83. The van der Waals surface area contributed by atoms with Gasteiger partial charge in [-0.1, -0.05) is 27.7 Å². The van der Waals surface area contributed by atoms with E-state index in [-0.39, 0.29) is 5.92 Å². The molecule has 2 unspecified atom stereocenters. The second kappa shape index (κ2) is 4.92. The normalized spacial score (nSPS) is 26.9. The van der Waals surface area contributed by atoms with E-state index in [1.807, 2.05) is 0 Å². The highest BCUT2D eigenvalue weighted by molar-refractivity contribution is 5.81. The number of hydrogen-bond donors (Lipinski definition) is 0. The summed E-state index contributed by atoms with van der Waals surface area (Å²) in [5.74, 6) is 1.39. The molecular formula is C12H23NO. The van der Waals surface area contributed by atoms with Crippen molar-refractivity contribution in [1.29, 1.82) is 0 Å². The standard InChI is InChI=1S/C12H23NO/c1-5-11(9(2)3)13-7-6-12(14)10(4)8-13/h9-11H,5-8H2,1-4H3. The van der Waals surface area contributed by atoms with E-state index < -0.39 is 0 Å². The van der Waals surface area contributed by atoms with Crippen molar-refractivity contribution in [3.63, 3.8) is 0 Å². The molecular weight excluding hydrogens is 174 g/mol. The molecule has 14 heavy (non-hydrogen) atoms. The van der Waals surface area contributed by atoms with Crippen molar-refractivity contribution < 1.29 is 4.79 Å². The Morgan fingerprint density at radius 2 is 2.14 bits per heavy atom. The molecule has 0 amide bonds. The maximum absolute atomic E-state index is 11.4. The van der Waals surface area contributed by atoms with Crippen LogP contribution in [0.3, 0.4) is 0 Å². The van der Waals surface area contributed by atoms with Gasteiger partial charge in [-0.15, -0.1) is 0 Å². The Hall–Kier alpha value is -0.370. The van der Waals surface area contributed by atoms with Crippen molar-refractivity contribution in [2.75, 3.05) is 13.1 Å². The van der Waals surface area contributed by atoms with Crippen LogP contribution in [0.5, 0.6) is 0 Å². The van der Waals surface area contributed by atoms with E-state index in [0.29, 0.717) is 17.7 Å². The number of hydrogen-bond acceptors (Lipinski definition) is 2. The summed E-state index contributed by atoms with van der Waals surface area (Å²) >= 11 is 0. The maximum Gasteiger partial charge on any atom is 0.138 e. The molecule has 0 aromatic rings. The van der Waals surface area contributed by atoms with Gasteiger partial charge in [0.25, 0.3) is 0 Å². The molecule has 0 aromatic carbocycles. The van der Waals surface area contributed by atoms with E-state index >= 15 is 0 Å². The van der Waals surface area contributed by atoms with Gasteiger partial charge in [-0.05, 0) is 12.3 Å². The van der Waals surface area contributed by atoms with E-state index in [1.54, 1.807) is 0 Å². The molecule has 0 bridgehead atoms. The third-order valence-electron chi connectivity index (χ3n) is 3.36. The van der Waals surface area contributed by atoms with Crippen LogP contribution in [0.15, 0.2) is 0 Å². The van der Waals surface area contributed by atoms with Crippen LogP contribution in [-0.2, 0) is 4.79 Å². The maximum atomic E-state index is 11.4. The van der Waals surface area contributed by atoms with Crippen LogP contribution in [0.1, 0.15) is 40.5 Å². The molecule has 0 saturated carbocycles. The van der Waals surface area contributed by atoms with Crippen LogP contribution < -0.4 is 0 Å². The highest BCUT2D eigenvalue weighted by Crippen LogP contribution is 2.20. The average Bonchev–Trinajstić information content (AvgIpc) is 2.11. The lowest BCUT2D eigenvalue weighted by Gasteiger charge is -2.38. The lowest BCUT2D eigenvalue weighted by molar-refractivity contribution is -0.126. The number of ketones is 1. The van der Waals surface area contributed by atoms with Gasteiger partial charge in [0, 0.05) is 31.5 Å². The molecule has 1 aliphatic rings. The second-order valence-electron chi connectivity index (χ2n) is 4.83. The fourth-order valence-corrected chi connectivity index (χ4v) is 2.50. The van der Waals surface area contributed by atoms with Gasteiger partial charge < -0.3 is 0 Å². The van der Waals surface area contributed by atoms with Gasteiger partial charge >= 0.3 is 0 Å². The highest BCUT2D eigenvalue weighted by Gasteiger charge is 2.28. The fourth-order valence-electron chi connectivity index (χ4n) is 2.50. The number of Topliss-reactive ketones (excluding diaryl/α,β-unsaturated/α-hetero) is 1. The lowest BCUT2D eigenvalue weighted by atomic mass is 9.93. The number of carbonyl (C=O) groups is 1. The first kappa shape index (κ1) is 11.7. The molecule has 0 aliphatic carbocycles. The van der Waals surface area contributed by atoms with E-state index in [2.05, 4.69) is 32.6 Å². The number of carbonyl (C=O) groups excluding carboxylic acids is 1. The number of piperidine rings is 1. The van der Waals surface area contributed by atoms with Gasteiger partial charge in [0.1, 0.15) is 5.78 Å². The van der Waals surface area contributed by atoms with Crippen molar-refractivity contribution in [3.05, 3.63) is 0 Å². The fraction of sp³-hybridized carbons (Fsp3) is 0.917. The third kappa shape index (κ3) is 2.57. The minimum atomic E-state index is 0.247. The minimum Gasteiger partial charge on any atom is -0.299 e. The Kier molecular flexibility index (Phi) is 4.11. The SMILES string of the molecule is CCC(C(C)C)N1CCC(=O)C(C)C1.